The second-order valence-corrected chi connectivity index (χ2v) is 6.84. The van der Waals surface area contributed by atoms with Crippen LogP contribution >= 0.6 is 12.4 Å². The molecular weight excluding hydrogens is 357 g/mol. The van der Waals surface area contributed by atoms with Crippen molar-refractivity contribution >= 4 is 24.2 Å². The first kappa shape index (κ1) is 20.6. The van der Waals surface area contributed by atoms with Gasteiger partial charge in [0.25, 0.3) is 0 Å². The molecule has 2 amide bonds. The molecule has 2 heterocycles. The van der Waals surface area contributed by atoms with Gasteiger partial charge in [0.2, 0.25) is 11.8 Å². The molecule has 0 bridgehead atoms. The molecule has 0 aliphatic carbocycles. The number of likely N-dealkylation sites (tertiary alicyclic amines) is 1. The minimum Gasteiger partial charge on any atom is -0.333 e. The van der Waals surface area contributed by atoms with Gasteiger partial charge in [-0.15, -0.1) is 12.4 Å². The number of hydrogen-bond acceptors (Lipinski definition) is 3. The maximum absolute atomic E-state index is 13.6. The highest BCUT2D eigenvalue weighted by Crippen LogP contribution is 2.23. The Morgan fingerprint density at radius 1 is 1.19 bits per heavy atom. The van der Waals surface area contributed by atoms with E-state index in [1.54, 1.807) is 15.9 Å². The van der Waals surface area contributed by atoms with E-state index < -0.39 is 0 Å². The van der Waals surface area contributed by atoms with Crippen LogP contribution in [0, 0.1) is 5.82 Å². The highest BCUT2D eigenvalue weighted by molar-refractivity contribution is 5.85. The molecular formula is C19H27ClFN3O2. The van der Waals surface area contributed by atoms with Crippen molar-refractivity contribution in [3.05, 3.63) is 35.6 Å². The van der Waals surface area contributed by atoms with Crippen molar-refractivity contribution in [2.75, 3.05) is 32.7 Å². The Morgan fingerprint density at radius 3 is 2.81 bits per heavy atom. The average Bonchev–Trinajstić information content (AvgIpc) is 2.61. The molecule has 26 heavy (non-hydrogen) atoms. The van der Waals surface area contributed by atoms with Crippen LogP contribution < -0.4 is 5.32 Å². The second-order valence-electron chi connectivity index (χ2n) is 6.84. The Balaban J connectivity index is 0.00000243. The van der Waals surface area contributed by atoms with Gasteiger partial charge in [-0.2, -0.15) is 0 Å². The quantitative estimate of drug-likeness (QED) is 0.872. The van der Waals surface area contributed by atoms with Crippen LogP contribution in [0.4, 0.5) is 4.39 Å². The predicted octanol–water partition coefficient (Wildman–Crippen LogP) is 2.51. The fourth-order valence-electron chi connectivity index (χ4n) is 3.65. The second kappa shape index (κ2) is 9.88. The van der Waals surface area contributed by atoms with Gasteiger partial charge in [0, 0.05) is 32.6 Å². The third kappa shape index (κ3) is 5.17. The van der Waals surface area contributed by atoms with Crippen LogP contribution in [0.2, 0.25) is 0 Å². The molecule has 2 saturated heterocycles. The van der Waals surface area contributed by atoms with Gasteiger partial charge in [-0.25, -0.2) is 4.39 Å². The van der Waals surface area contributed by atoms with Crippen molar-refractivity contribution < 1.29 is 14.0 Å². The Labute approximate surface area is 160 Å². The van der Waals surface area contributed by atoms with E-state index in [4.69, 9.17) is 0 Å². The summed E-state index contributed by atoms with van der Waals surface area (Å²) < 4.78 is 13.6. The summed E-state index contributed by atoms with van der Waals surface area (Å²) >= 11 is 0. The minimum atomic E-state index is -0.297. The number of piperazine rings is 1. The van der Waals surface area contributed by atoms with Gasteiger partial charge in [-0.1, -0.05) is 25.0 Å². The van der Waals surface area contributed by atoms with Crippen LogP contribution in [-0.4, -0.2) is 54.3 Å². The number of carbonyl (C=O) groups excluding carboxylic acids is 2. The molecule has 0 aromatic heterocycles. The largest absolute Gasteiger partial charge is 0.333 e. The van der Waals surface area contributed by atoms with Crippen LogP contribution in [0.15, 0.2) is 24.3 Å². The molecule has 0 radical (unpaired) electrons. The number of nitrogens with one attached hydrogen (secondary N) is 1. The van der Waals surface area contributed by atoms with E-state index in [9.17, 15) is 14.0 Å². The Bertz CT molecular complexity index is 629. The molecule has 1 aromatic rings. The molecule has 3 rings (SSSR count). The Hall–Kier alpha value is -1.66. The van der Waals surface area contributed by atoms with Crippen LogP contribution in [0.25, 0.3) is 0 Å². The summed E-state index contributed by atoms with van der Waals surface area (Å²) in [4.78, 5) is 28.7. The minimum absolute atomic E-state index is 0. The lowest BCUT2D eigenvalue weighted by molar-refractivity contribution is -0.143. The molecule has 2 aliphatic heterocycles. The van der Waals surface area contributed by atoms with Crippen LogP contribution in [0.3, 0.4) is 0 Å². The lowest BCUT2D eigenvalue weighted by atomic mass is 10.0. The zero-order chi connectivity index (χ0) is 17.6. The normalized spacial score (nSPS) is 21.6. The summed E-state index contributed by atoms with van der Waals surface area (Å²) in [5.74, 6) is -0.274. The first-order valence-corrected chi connectivity index (χ1v) is 9.18. The standard InChI is InChI=1S/C19H26FN3O2.ClH/c20-16-7-5-6-15(12-16)17-13-21-9-11-23(17)19(25)14-22-10-4-2-1-3-8-18(22)24;/h5-7,12,17,21H,1-4,8-11,13-14H2;1H. The fraction of sp³-hybridized carbons (Fsp3) is 0.579. The number of nitrogens with zero attached hydrogens (tertiary/aromatic N) is 2. The smallest absolute Gasteiger partial charge is 0.242 e. The molecule has 2 fully saturated rings. The first-order valence-electron chi connectivity index (χ1n) is 9.18. The molecule has 0 spiro atoms. The average molecular weight is 384 g/mol. The van der Waals surface area contributed by atoms with Gasteiger partial charge in [-0.3, -0.25) is 9.59 Å². The maximum atomic E-state index is 13.6. The number of rotatable bonds is 3. The predicted molar refractivity (Wildman–Crippen MR) is 101 cm³/mol. The van der Waals surface area contributed by atoms with Gasteiger partial charge in [0.1, 0.15) is 5.82 Å². The number of carbonyl (C=O) groups is 2. The van der Waals surface area contributed by atoms with Gasteiger partial charge in [-0.05, 0) is 30.5 Å². The monoisotopic (exact) mass is 383 g/mol. The van der Waals surface area contributed by atoms with E-state index >= 15 is 0 Å². The number of halogens is 2. The summed E-state index contributed by atoms with van der Waals surface area (Å²) in [6.07, 6.45) is 4.59. The van der Waals surface area contributed by atoms with E-state index in [-0.39, 0.29) is 42.6 Å². The zero-order valence-corrected chi connectivity index (χ0v) is 15.8. The molecule has 1 aromatic carbocycles. The number of benzene rings is 1. The SMILES string of the molecule is Cl.O=C1CCCCCCN1CC(=O)N1CCNCC1c1cccc(F)c1. The molecule has 2 aliphatic rings. The fourth-order valence-corrected chi connectivity index (χ4v) is 3.65. The van der Waals surface area contributed by atoms with E-state index in [0.717, 1.165) is 31.2 Å². The maximum Gasteiger partial charge on any atom is 0.242 e. The molecule has 144 valence electrons. The van der Waals surface area contributed by atoms with Crippen molar-refractivity contribution in [2.24, 2.45) is 0 Å². The van der Waals surface area contributed by atoms with Crippen LogP contribution in [-0.2, 0) is 9.59 Å². The van der Waals surface area contributed by atoms with Crippen molar-refractivity contribution in [2.45, 2.75) is 38.1 Å². The van der Waals surface area contributed by atoms with E-state index in [1.165, 1.54) is 12.1 Å². The lowest BCUT2D eigenvalue weighted by Gasteiger charge is -2.38. The van der Waals surface area contributed by atoms with E-state index in [0.29, 0.717) is 32.6 Å². The third-order valence-corrected chi connectivity index (χ3v) is 5.04. The molecule has 1 N–H and O–H groups in total. The Morgan fingerprint density at radius 2 is 2.00 bits per heavy atom. The molecule has 5 nitrogen and oxygen atoms in total. The van der Waals surface area contributed by atoms with Crippen molar-refractivity contribution in [1.82, 2.24) is 15.1 Å². The van der Waals surface area contributed by atoms with Gasteiger partial charge < -0.3 is 15.1 Å². The summed E-state index contributed by atoms with van der Waals surface area (Å²) in [5.41, 5.74) is 0.791. The molecule has 1 atom stereocenters. The zero-order valence-electron chi connectivity index (χ0n) is 15.0. The van der Waals surface area contributed by atoms with Crippen molar-refractivity contribution in [3.8, 4) is 0 Å². The van der Waals surface area contributed by atoms with E-state index in [2.05, 4.69) is 5.32 Å². The highest BCUT2D eigenvalue weighted by atomic mass is 35.5. The van der Waals surface area contributed by atoms with Gasteiger partial charge in [0.05, 0.1) is 12.6 Å². The summed E-state index contributed by atoms with van der Waals surface area (Å²) in [7, 11) is 0. The number of hydrogen-bond donors (Lipinski definition) is 1. The van der Waals surface area contributed by atoms with Gasteiger partial charge >= 0.3 is 0 Å². The summed E-state index contributed by atoms with van der Waals surface area (Å²) in [5, 5.41) is 3.27. The van der Waals surface area contributed by atoms with Crippen LogP contribution in [0.1, 0.15) is 43.7 Å². The van der Waals surface area contributed by atoms with Gasteiger partial charge in [0.15, 0.2) is 0 Å². The van der Waals surface area contributed by atoms with Crippen LogP contribution in [0.5, 0.6) is 0 Å². The van der Waals surface area contributed by atoms with Crippen molar-refractivity contribution in [1.29, 1.82) is 0 Å². The highest BCUT2D eigenvalue weighted by Gasteiger charge is 2.30. The lowest BCUT2D eigenvalue weighted by Crippen LogP contribution is -2.52. The van der Waals surface area contributed by atoms with Crippen molar-refractivity contribution in [3.63, 3.8) is 0 Å². The molecule has 7 heteroatoms. The number of amides is 2. The van der Waals surface area contributed by atoms with E-state index in [1.807, 2.05) is 6.07 Å². The summed E-state index contributed by atoms with van der Waals surface area (Å²) in [6, 6.07) is 6.22. The third-order valence-electron chi connectivity index (χ3n) is 5.04. The summed E-state index contributed by atoms with van der Waals surface area (Å²) in [6.45, 7) is 2.67. The Kier molecular flexibility index (Phi) is 7.85. The molecule has 0 saturated carbocycles. The first-order chi connectivity index (χ1) is 12.1. The molecule has 1 unspecified atom stereocenters. The topological polar surface area (TPSA) is 52.7 Å².